The number of primary amides is 1. The van der Waals surface area contributed by atoms with Crippen LogP contribution in [0.5, 0.6) is 0 Å². The SMILES string of the molecule is CC(C)NCCc1cc(C(=O)NC(C)c2cccnc2)cc(N2CCCNS2(=O)=O)c1.Cc1cscn1.NC=O.O=CNCC1CC1. The van der Waals surface area contributed by atoms with Gasteiger partial charge in [-0.05, 0) is 87.4 Å². The fourth-order valence-electron chi connectivity index (χ4n) is 4.29. The third-order valence-electron chi connectivity index (χ3n) is 6.88. The normalized spacial score (nSPS) is 15.3. The van der Waals surface area contributed by atoms with Gasteiger partial charge in [0.05, 0.1) is 17.2 Å². The Bertz CT molecular complexity index is 1450. The van der Waals surface area contributed by atoms with Gasteiger partial charge in [0.15, 0.2) is 0 Å². The number of nitrogens with zero attached hydrogens (tertiary/aromatic N) is 3. The largest absolute Gasteiger partial charge is 0.372 e. The van der Waals surface area contributed by atoms with Crippen LogP contribution in [0.25, 0.3) is 0 Å². The third-order valence-corrected chi connectivity index (χ3v) is 9.13. The molecule has 1 aliphatic heterocycles. The number of nitrogens with two attached hydrogens (primary N) is 1. The summed E-state index contributed by atoms with van der Waals surface area (Å²) >= 11 is 1.63. The fourth-order valence-corrected chi connectivity index (χ4v) is 6.15. The van der Waals surface area contributed by atoms with Crippen LogP contribution in [0.1, 0.15) is 73.3 Å². The van der Waals surface area contributed by atoms with Gasteiger partial charge in [-0.2, -0.15) is 13.1 Å². The monoisotopic (exact) mass is 688 g/mol. The first-order valence-corrected chi connectivity index (χ1v) is 17.9. The van der Waals surface area contributed by atoms with Gasteiger partial charge in [0.1, 0.15) is 0 Å². The first-order chi connectivity index (χ1) is 22.5. The standard InChI is InChI=1S/C22H31N5O3S.C5H9NO.C4H5NS.CH3NO/c1-16(2)24-10-7-18-12-20(22(28)26-17(3)19-6-4-8-23-15-19)14-21(13-18)27-11-5-9-25-31(27,29)30;7-4-6-3-5-1-2-5;1-4-2-6-3-5-4;2-1-3/h4,6,8,12-17,24-25H,5,7,9-11H2,1-3H3,(H,26,28);4-5H,1-3H2,(H,6,7);2-3H,1H3;1H,(H2,2,3). The van der Waals surface area contributed by atoms with E-state index in [9.17, 15) is 18.0 Å². The molecule has 5 rings (SSSR count). The van der Waals surface area contributed by atoms with Crippen LogP contribution in [0.4, 0.5) is 5.69 Å². The lowest BCUT2D eigenvalue weighted by Crippen LogP contribution is -2.47. The van der Waals surface area contributed by atoms with Gasteiger partial charge in [-0.1, -0.05) is 19.9 Å². The number of rotatable bonds is 11. The molecule has 2 aromatic heterocycles. The number of pyridine rings is 1. The molecule has 47 heavy (non-hydrogen) atoms. The van der Waals surface area contributed by atoms with Crippen LogP contribution in [-0.2, 0) is 26.2 Å². The minimum Gasteiger partial charge on any atom is -0.372 e. The van der Waals surface area contributed by atoms with Gasteiger partial charge in [-0.25, -0.2) is 0 Å². The van der Waals surface area contributed by atoms with E-state index in [1.807, 2.05) is 49.0 Å². The molecule has 15 heteroatoms. The lowest BCUT2D eigenvalue weighted by atomic mass is 10.0. The maximum Gasteiger partial charge on any atom is 0.301 e. The van der Waals surface area contributed by atoms with Crippen LogP contribution in [-0.4, -0.2) is 69.3 Å². The van der Waals surface area contributed by atoms with E-state index in [-0.39, 0.29) is 18.4 Å². The second-order valence-corrected chi connectivity index (χ2v) is 13.7. The lowest BCUT2D eigenvalue weighted by molar-refractivity contribution is -0.109. The van der Waals surface area contributed by atoms with E-state index in [1.165, 1.54) is 17.1 Å². The second-order valence-electron chi connectivity index (χ2n) is 11.3. The molecule has 1 atom stereocenters. The molecule has 1 unspecified atom stereocenters. The molecule has 2 aliphatic rings. The van der Waals surface area contributed by atoms with Crippen molar-refractivity contribution in [3.63, 3.8) is 0 Å². The summed E-state index contributed by atoms with van der Waals surface area (Å²) in [5.41, 5.74) is 9.86. The Kier molecular flexibility index (Phi) is 17.6. The maximum atomic E-state index is 13.0. The average molecular weight is 689 g/mol. The molecular weight excluding hydrogens is 641 g/mol. The number of carbonyl (C=O) groups is 3. The third kappa shape index (κ3) is 15.5. The summed E-state index contributed by atoms with van der Waals surface area (Å²) in [6, 6.07) is 9.19. The number of benzene rings is 1. The smallest absolute Gasteiger partial charge is 0.301 e. The molecule has 1 saturated heterocycles. The van der Waals surface area contributed by atoms with E-state index in [0.29, 0.717) is 43.2 Å². The van der Waals surface area contributed by atoms with Crippen LogP contribution in [0.15, 0.2) is 53.6 Å². The lowest BCUT2D eigenvalue weighted by Gasteiger charge is -2.29. The topological polar surface area (TPSA) is 189 Å². The van der Waals surface area contributed by atoms with Crippen LogP contribution >= 0.6 is 11.3 Å². The number of thiazole rings is 1. The molecular formula is C32H48N8O5S2. The summed E-state index contributed by atoms with van der Waals surface area (Å²) in [6.07, 6.45) is 8.42. The van der Waals surface area contributed by atoms with Crippen molar-refractivity contribution in [3.05, 3.63) is 76.0 Å². The van der Waals surface area contributed by atoms with Crippen molar-refractivity contribution in [1.82, 2.24) is 30.6 Å². The van der Waals surface area contributed by atoms with E-state index in [4.69, 9.17) is 4.79 Å². The van der Waals surface area contributed by atoms with Crippen molar-refractivity contribution in [2.75, 3.05) is 30.5 Å². The number of hydrogen-bond donors (Lipinski definition) is 5. The zero-order chi connectivity index (χ0) is 34.7. The van der Waals surface area contributed by atoms with Gasteiger partial charge in [0, 0.05) is 54.7 Å². The zero-order valence-electron chi connectivity index (χ0n) is 27.5. The summed E-state index contributed by atoms with van der Waals surface area (Å²) in [5, 5.41) is 11.0. The van der Waals surface area contributed by atoms with Crippen LogP contribution in [0.2, 0.25) is 0 Å². The Morgan fingerprint density at radius 2 is 1.96 bits per heavy atom. The van der Waals surface area contributed by atoms with E-state index >= 15 is 0 Å². The van der Waals surface area contributed by atoms with Crippen LogP contribution < -0.4 is 30.7 Å². The van der Waals surface area contributed by atoms with Crippen molar-refractivity contribution in [2.24, 2.45) is 11.7 Å². The molecule has 2 fully saturated rings. The number of hydrogen-bond acceptors (Lipinski definition) is 9. The minimum atomic E-state index is -3.61. The van der Waals surface area contributed by atoms with Crippen molar-refractivity contribution in [1.29, 1.82) is 0 Å². The molecule has 1 saturated carbocycles. The average Bonchev–Trinajstić information content (AvgIpc) is 3.76. The van der Waals surface area contributed by atoms with Crippen molar-refractivity contribution in [3.8, 4) is 0 Å². The number of aromatic nitrogens is 2. The number of anilines is 1. The zero-order valence-corrected chi connectivity index (χ0v) is 29.1. The Morgan fingerprint density at radius 1 is 1.21 bits per heavy atom. The van der Waals surface area contributed by atoms with Crippen molar-refractivity contribution >= 4 is 46.0 Å². The summed E-state index contributed by atoms with van der Waals surface area (Å²) in [6.45, 7) is 10.5. The fraction of sp³-hybridized carbons (Fsp3) is 0.469. The van der Waals surface area contributed by atoms with Gasteiger partial charge in [0.2, 0.25) is 12.8 Å². The quantitative estimate of drug-likeness (QED) is 0.190. The maximum absolute atomic E-state index is 13.0. The predicted molar refractivity (Wildman–Crippen MR) is 186 cm³/mol. The Hall–Kier alpha value is -3.92. The Morgan fingerprint density at radius 3 is 2.49 bits per heavy atom. The van der Waals surface area contributed by atoms with Crippen molar-refractivity contribution < 1.29 is 22.8 Å². The van der Waals surface area contributed by atoms with Crippen LogP contribution in [0.3, 0.4) is 0 Å². The molecule has 6 N–H and O–H groups in total. The summed E-state index contributed by atoms with van der Waals surface area (Å²) in [4.78, 5) is 39.3. The molecule has 3 amide bonds. The van der Waals surface area contributed by atoms with Gasteiger partial charge in [-0.3, -0.25) is 28.7 Å². The minimum absolute atomic E-state index is 0.226. The molecule has 0 radical (unpaired) electrons. The predicted octanol–water partition coefficient (Wildman–Crippen LogP) is 2.85. The number of aryl methyl sites for hydroxylation is 1. The first kappa shape index (κ1) is 39.3. The summed E-state index contributed by atoms with van der Waals surface area (Å²) in [7, 11) is -3.61. The highest BCUT2D eigenvalue weighted by molar-refractivity contribution is 7.90. The molecule has 3 aromatic rings. The van der Waals surface area contributed by atoms with E-state index < -0.39 is 10.2 Å². The molecule has 1 aliphatic carbocycles. The van der Waals surface area contributed by atoms with Gasteiger partial charge >= 0.3 is 10.2 Å². The number of carbonyl (C=O) groups excluding carboxylic acids is 3. The van der Waals surface area contributed by atoms with Gasteiger partial charge < -0.3 is 21.7 Å². The van der Waals surface area contributed by atoms with Crippen molar-refractivity contribution in [2.45, 2.75) is 65.5 Å². The Labute approximate surface area is 282 Å². The molecule has 1 aromatic carbocycles. The molecule has 0 bridgehead atoms. The second kappa shape index (κ2) is 21.1. The van der Waals surface area contributed by atoms with Gasteiger partial charge in [-0.15, -0.1) is 11.3 Å². The number of nitrogens with one attached hydrogen (secondary N) is 4. The summed E-state index contributed by atoms with van der Waals surface area (Å²) < 4.78 is 29.0. The van der Waals surface area contributed by atoms with E-state index in [1.54, 1.807) is 29.8 Å². The van der Waals surface area contributed by atoms with E-state index in [0.717, 1.165) is 42.2 Å². The number of amides is 3. The van der Waals surface area contributed by atoms with Gasteiger partial charge in [0.25, 0.3) is 5.91 Å². The highest BCUT2D eigenvalue weighted by Gasteiger charge is 2.27. The molecule has 3 heterocycles. The first-order valence-electron chi connectivity index (χ1n) is 15.5. The van der Waals surface area contributed by atoms with Crippen LogP contribution in [0, 0.1) is 12.8 Å². The molecule has 258 valence electrons. The molecule has 0 spiro atoms. The summed E-state index contributed by atoms with van der Waals surface area (Å²) in [5.74, 6) is 0.559. The highest BCUT2D eigenvalue weighted by Crippen LogP contribution is 2.27. The van der Waals surface area contributed by atoms with E-state index in [2.05, 4.69) is 50.2 Å². The highest BCUT2D eigenvalue weighted by atomic mass is 32.2. The Balaban J connectivity index is 0.000000389. The molecule has 13 nitrogen and oxygen atoms in total.